The molecule has 0 aliphatic heterocycles. The predicted molar refractivity (Wildman–Crippen MR) is 117 cm³/mol. The normalized spacial score (nSPS) is 15.0. The van der Waals surface area contributed by atoms with E-state index in [1.54, 1.807) is 0 Å². The van der Waals surface area contributed by atoms with E-state index in [0.717, 1.165) is 18.8 Å². The van der Waals surface area contributed by atoms with Gasteiger partial charge in [0.1, 0.15) is 0 Å². The van der Waals surface area contributed by atoms with Gasteiger partial charge in [-0.05, 0) is 12.3 Å². The van der Waals surface area contributed by atoms with E-state index in [2.05, 4.69) is 6.58 Å². The highest BCUT2D eigenvalue weighted by molar-refractivity contribution is 5.69. The minimum absolute atomic E-state index is 0.144. The molecule has 0 N–H and O–H groups in total. The maximum atomic E-state index is 11.1. The van der Waals surface area contributed by atoms with Crippen LogP contribution in [0.3, 0.4) is 0 Å². The van der Waals surface area contributed by atoms with Crippen LogP contribution >= 0.6 is 0 Å². The van der Waals surface area contributed by atoms with Crippen LogP contribution in [-0.2, 0) is 9.53 Å². The van der Waals surface area contributed by atoms with Crippen LogP contribution in [0.4, 0.5) is 0 Å². The van der Waals surface area contributed by atoms with E-state index in [4.69, 9.17) is 4.74 Å². The second kappa shape index (κ2) is 18.6. The van der Waals surface area contributed by atoms with Crippen molar-refractivity contribution in [3.8, 4) is 0 Å². The summed E-state index contributed by atoms with van der Waals surface area (Å²) in [6.07, 6.45) is 29.8. The Kier molecular flexibility index (Phi) is 16.7. The molecule has 0 aromatic carbocycles. The summed E-state index contributed by atoms with van der Waals surface area (Å²) >= 11 is 0. The van der Waals surface area contributed by atoms with Crippen LogP contribution in [0.25, 0.3) is 0 Å². The van der Waals surface area contributed by atoms with Crippen LogP contribution < -0.4 is 0 Å². The van der Waals surface area contributed by atoms with Crippen LogP contribution in [-0.4, -0.2) is 5.97 Å². The first-order chi connectivity index (χ1) is 13.3. The highest BCUT2D eigenvalue weighted by atomic mass is 16.5. The first kappa shape index (κ1) is 24.2. The molecular weight excluding hydrogens is 332 g/mol. The summed E-state index contributed by atoms with van der Waals surface area (Å²) in [6, 6.07) is 0. The zero-order chi connectivity index (χ0) is 19.4. The Hall–Kier alpha value is -0.790. The van der Waals surface area contributed by atoms with Gasteiger partial charge in [0.2, 0.25) is 0 Å². The Labute approximate surface area is 169 Å². The summed E-state index contributed by atoms with van der Waals surface area (Å²) in [5.41, 5.74) is 0. The average molecular weight is 379 g/mol. The fourth-order valence-electron chi connectivity index (χ4n) is 4.45. The standard InChI is InChI=1S/C25H46O2/c1-2-27-25(26)23-19-14-12-10-8-6-4-3-5-7-9-11-13-16-20-24-21-17-15-18-22-24/h2,24H,1,3-23H2. The summed E-state index contributed by atoms with van der Waals surface area (Å²) in [5, 5.41) is 0. The molecule has 0 heterocycles. The van der Waals surface area contributed by atoms with E-state index in [9.17, 15) is 4.79 Å². The van der Waals surface area contributed by atoms with E-state index in [1.165, 1.54) is 122 Å². The third-order valence-corrected chi connectivity index (χ3v) is 6.18. The van der Waals surface area contributed by atoms with Gasteiger partial charge in [0.25, 0.3) is 0 Å². The molecule has 0 aromatic heterocycles. The molecule has 1 aliphatic rings. The van der Waals surface area contributed by atoms with Crippen molar-refractivity contribution < 1.29 is 9.53 Å². The maximum absolute atomic E-state index is 11.1. The van der Waals surface area contributed by atoms with Gasteiger partial charge in [-0.25, -0.2) is 0 Å². The van der Waals surface area contributed by atoms with E-state index in [0.29, 0.717) is 6.42 Å². The van der Waals surface area contributed by atoms with Gasteiger partial charge in [-0.2, -0.15) is 0 Å². The summed E-state index contributed by atoms with van der Waals surface area (Å²) < 4.78 is 4.71. The van der Waals surface area contributed by atoms with Crippen molar-refractivity contribution in [2.75, 3.05) is 0 Å². The number of esters is 1. The molecule has 0 unspecified atom stereocenters. The fourth-order valence-corrected chi connectivity index (χ4v) is 4.45. The summed E-state index contributed by atoms with van der Waals surface area (Å²) in [6.45, 7) is 3.39. The van der Waals surface area contributed by atoms with Gasteiger partial charge < -0.3 is 4.74 Å². The third-order valence-electron chi connectivity index (χ3n) is 6.18. The summed E-state index contributed by atoms with van der Waals surface area (Å²) in [7, 11) is 0. The van der Waals surface area contributed by atoms with Crippen molar-refractivity contribution in [2.24, 2.45) is 5.92 Å². The average Bonchev–Trinajstić information content (AvgIpc) is 2.68. The van der Waals surface area contributed by atoms with Crippen LogP contribution in [0.1, 0.15) is 135 Å². The Morgan fingerprint density at radius 2 is 1.15 bits per heavy atom. The zero-order valence-corrected chi connectivity index (χ0v) is 18.0. The molecule has 0 spiro atoms. The molecule has 0 atom stereocenters. The number of unbranched alkanes of at least 4 members (excludes halogenated alkanes) is 13. The topological polar surface area (TPSA) is 26.3 Å². The molecule has 1 fully saturated rings. The monoisotopic (exact) mass is 378 g/mol. The molecule has 158 valence electrons. The van der Waals surface area contributed by atoms with Gasteiger partial charge in [-0.1, -0.05) is 129 Å². The SMILES string of the molecule is C=COC(=O)CCCCCCCCCCCCCCCCC1CCCCC1. The van der Waals surface area contributed by atoms with Crippen molar-refractivity contribution >= 4 is 5.97 Å². The van der Waals surface area contributed by atoms with Crippen molar-refractivity contribution in [3.63, 3.8) is 0 Å². The molecule has 0 radical (unpaired) electrons. The lowest BCUT2D eigenvalue weighted by Crippen LogP contribution is -2.05. The molecule has 0 aromatic rings. The van der Waals surface area contributed by atoms with Gasteiger partial charge in [0.05, 0.1) is 6.26 Å². The number of hydrogen-bond donors (Lipinski definition) is 0. The molecule has 1 rings (SSSR count). The maximum Gasteiger partial charge on any atom is 0.310 e. The Balaban J connectivity index is 1.68. The molecule has 2 heteroatoms. The smallest absolute Gasteiger partial charge is 0.310 e. The molecule has 2 nitrogen and oxygen atoms in total. The van der Waals surface area contributed by atoms with Crippen LogP contribution in [0.2, 0.25) is 0 Å². The lowest BCUT2D eigenvalue weighted by molar-refractivity contribution is -0.138. The van der Waals surface area contributed by atoms with Gasteiger partial charge >= 0.3 is 5.97 Å². The number of carbonyl (C=O) groups is 1. The Bertz CT molecular complexity index is 344. The van der Waals surface area contributed by atoms with Crippen molar-refractivity contribution in [1.29, 1.82) is 0 Å². The molecule has 0 amide bonds. The molecular formula is C25H46O2. The van der Waals surface area contributed by atoms with E-state index >= 15 is 0 Å². The molecule has 27 heavy (non-hydrogen) atoms. The second-order valence-electron chi connectivity index (χ2n) is 8.65. The predicted octanol–water partition coefficient (Wildman–Crippen LogP) is 8.50. The van der Waals surface area contributed by atoms with E-state index < -0.39 is 0 Å². The minimum Gasteiger partial charge on any atom is -0.435 e. The Morgan fingerprint density at radius 1 is 0.704 bits per heavy atom. The highest BCUT2D eigenvalue weighted by Gasteiger charge is 2.12. The van der Waals surface area contributed by atoms with Gasteiger partial charge in [0.15, 0.2) is 0 Å². The fraction of sp³-hybridized carbons (Fsp3) is 0.880. The lowest BCUT2D eigenvalue weighted by atomic mass is 9.85. The molecule has 0 bridgehead atoms. The number of ether oxygens (including phenoxy) is 1. The molecule has 1 saturated carbocycles. The van der Waals surface area contributed by atoms with Gasteiger partial charge in [-0.3, -0.25) is 4.79 Å². The summed E-state index contributed by atoms with van der Waals surface area (Å²) in [5.74, 6) is 0.932. The molecule has 1 aliphatic carbocycles. The van der Waals surface area contributed by atoms with Crippen LogP contribution in [0.5, 0.6) is 0 Å². The first-order valence-electron chi connectivity index (χ1n) is 12.1. The van der Waals surface area contributed by atoms with Crippen LogP contribution in [0, 0.1) is 5.92 Å². The zero-order valence-electron chi connectivity index (χ0n) is 18.0. The Morgan fingerprint density at radius 3 is 1.63 bits per heavy atom. The third kappa shape index (κ3) is 15.9. The van der Waals surface area contributed by atoms with Gasteiger partial charge in [0, 0.05) is 6.42 Å². The van der Waals surface area contributed by atoms with Crippen LogP contribution in [0.15, 0.2) is 12.8 Å². The van der Waals surface area contributed by atoms with Gasteiger partial charge in [-0.15, -0.1) is 0 Å². The van der Waals surface area contributed by atoms with E-state index in [1.807, 2.05) is 0 Å². The highest BCUT2D eigenvalue weighted by Crippen LogP contribution is 2.28. The van der Waals surface area contributed by atoms with Crippen molar-refractivity contribution in [1.82, 2.24) is 0 Å². The number of carbonyl (C=O) groups excluding carboxylic acids is 1. The van der Waals surface area contributed by atoms with Crippen molar-refractivity contribution in [3.05, 3.63) is 12.8 Å². The number of rotatable bonds is 18. The van der Waals surface area contributed by atoms with E-state index in [-0.39, 0.29) is 5.97 Å². The first-order valence-corrected chi connectivity index (χ1v) is 12.1. The largest absolute Gasteiger partial charge is 0.435 e. The molecule has 0 saturated heterocycles. The number of hydrogen-bond acceptors (Lipinski definition) is 2. The summed E-state index contributed by atoms with van der Waals surface area (Å²) in [4.78, 5) is 11.1. The second-order valence-corrected chi connectivity index (χ2v) is 8.65. The minimum atomic E-state index is -0.144. The quantitative estimate of drug-likeness (QED) is 0.136. The lowest BCUT2D eigenvalue weighted by Gasteiger charge is -2.21. The van der Waals surface area contributed by atoms with Crippen molar-refractivity contribution in [2.45, 2.75) is 135 Å².